The third-order valence-corrected chi connectivity index (χ3v) is 4.52. The van der Waals surface area contributed by atoms with E-state index >= 15 is 0 Å². The number of nitrogens with two attached hydrogens (primary N) is 1. The van der Waals surface area contributed by atoms with Gasteiger partial charge in [0.1, 0.15) is 0 Å². The van der Waals surface area contributed by atoms with Crippen molar-refractivity contribution in [2.24, 2.45) is 16.6 Å². The highest BCUT2D eigenvalue weighted by atomic mass is 127. The van der Waals surface area contributed by atoms with Crippen LogP contribution >= 0.6 is 35.6 Å². The Morgan fingerprint density at radius 3 is 2.88 bits per heavy atom. The van der Waals surface area contributed by atoms with Crippen molar-refractivity contribution in [2.75, 3.05) is 26.7 Å². The van der Waals surface area contributed by atoms with Crippen LogP contribution in [0.1, 0.15) is 24.8 Å². The van der Waals surface area contributed by atoms with Gasteiger partial charge in [-0.3, -0.25) is 9.79 Å². The monoisotopic (exact) mass is 464 g/mol. The van der Waals surface area contributed by atoms with Crippen LogP contribution in [-0.4, -0.2) is 43.4 Å². The molecule has 1 amide bonds. The van der Waals surface area contributed by atoms with Gasteiger partial charge >= 0.3 is 0 Å². The average Bonchev–Trinajstić information content (AvgIpc) is 2.53. The predicted molar refractivity (Wildman–Crippen MR) is 110 cm³/mol. The third kappa shape index (κ3) is 6.47. The third-order valence-electron chi connectivity index (χ3n) is 4.16. The number of piperidine rings is 1. The fourth-order valence-corrected chi connectivity index (χ4v) is 3.28. The maximum Gasteiger partial charge on any atom is 0.217 e. The Labute approximate surface area is 166 Å². The van der Waals surface area contributed by atoms with E-state index in [1.165, 1.54) is 0 Å². The van der Waals surface area contributed by atoms with Crippen molar-refractivity contribution >= 4 is 47.4 Å². The Kier molecular flexibility index (Phi) is 9.43. The number of rotatable bonds is 5. The van der Waals surface area contributed by atoms with Gasteiger partial charge in [0.25, 0.3) is 0 Å². The minimum Gasteiger partial charge on any atom is -0.370 e. The standard InChI is InChI=1S/C17H25ClN4O.HI/c1-20-17(21-9-8-14-6-2-3-7-15(14)18)22-10-4-5-13(12-22)11-16(19)23;/h2-3,6-7,13H,4-5,8-12H2,1H3,(H2,19,23)(H,20,21);1H. The summed E-state index contributed by atoms with van der Waals surface area (Å²) in [4.78, 5) is 17.7. The van der Waals surface area contributed by atoms with E-state index in [0.717, 1.165) is 55.4 Å². The van der Waals surface area contributed by atoms with Crippen molar-refractivity contribution in [1.82, 2.24) is 10.2 Å². The van der Waals surface area contributed by atoms with E-state index in [1.54, 1.807) is 7.05 Å². The van der Waals surface area contributed by atoms with Crippen molar-refractivity contribution in [1.29, 1.82) is 0 Å². The topological polar surface area (TPSA) is 70.7 Å². The number of hydrogen-bond acceptors (Lipinski definition) is 2. The van der Waals surface area contributed by atoms with E-state index in [4.69, 9.17) is 17.3 Å². The molecule has 0 aromatic heterocycles. The second-order valence-electron chi connectivity index (χ2n) is 5.94. The first-order valence-electron chi connectivity index (χ1n) is 8.07. The molecule has 3 N–H and O–H groups in total. The van der Waals surface area contributed by atoms with Crippen LogP contribution in [0.3, 0.4) is 0 Å². The molecule has 1 unspecified atom stereocenters. The summed E-state index contributed by atoms with van der Waals surface area (Å²) < 4.78 is 0. The molecule has 0 bridgehead atoms. The smallest absolute Gasteiger partial charge is 0.217 e. The van der Waals surface area contributed by atoms with Gasteiger partial charge in [-0.1, -0.05) is 29.8 Å². The highest BCUT2D eigenvalue weighted by Gasteiger charge is 2.23. The average molecular weight is 465 g/mol. The lowest BCUT2D eigenvalue weighted by Crippen LogP contribution is -2.47. The molecular formula is C17H26ClIN4O. The highest BCUT2D eigenvalue weighted by Crippen LogP contribution is 2.19. The molecule has 24 heavy (non-hydrogen) atoms. The van der Waals surface area contributed by atoms with Crippen molar-refractivity contribution in [3.63, 3.8) is 0 Å². The summed E-state index contributed by atoms with van der Waals surface area (Å²) in [5.41, 5.74) is 6.45. The molecule has 1 aromatic carbocycles. The second-order valence-corrected chi connectivity index (χ2v) is 6.35. The summed E-state index contributed by atoms with van der Waals surface area (Å²) in [6.45, 7) is 2.56. The summed E-state index contributed by atoms with van der Waals surface area (Å²) >= 11 is 6.18. The molecular weight excluding hydrogens is 439 g/mol. The molecule has 5 nitrogen and oxygen atoms in total. The zero-order valence-corrected chi connectivity index (χ0v) is 17.1. The van der Waals surface area contributed by atoms with Gasteiger partial charge in [-0.2, -0.15) is 0 Å². The number of likely N-dealkylation sites (tertiary alicyclic amines) is 1. The number of amides is 1. The summed E-state index contributed by atoms with van der Waals surface area (Å²) in [5, 5.41) is 4.18. The van der Waals surface area contributed by atoms with Crippen LogP contribution < -0.4 is 11.1 Å². The molecule has 0 radical (unpaired) electrons. The van der Waals surface area contributed by atoms with Crippen LogP contribution in [0.4, 0.5) is 0 Å². The molecule has 0 spiro atoms. The Hall–Kier alpha value is -1.02. The Balaban J connectivity index is 0.00000288. The molecule has 1 aliphatic rings. The molecule has 0 saturated carbocycles. The summed E-state index contributed by atoms with van der Waals surface area (Å²) in [7, 11) is 1.79. The first-order valence-corrected chi connectivity index (χ1v) is 8.45. The van der Waals surface area contributed by atoms with Gasteiger partial charge in [0.2, 0.25) is 5.91 Å². The fraction of sp³-hybridized carbons (Fsp3) is 0.529. The lowest BCUT2D eigenvalue weighted by molar-refractivity contribution is -0.119. The highest BCUT2D eigenvalue weighted by molar-refractivity contribution is 14.0. The van der Waals surface area contributed by atoms with Crippen LogP contribution in [-0.2, 0) is 11.2 Å². The first kappa shape index (κ1) is 21.0. The normalized spacial score (nSPS) is 18.0. The Morgan fingerprint density at radius 2 is 2.21 bits per heavy atom. The van der Waals surface area contributed by atoms with E-state index in [1.807, 2.05) is 24.3 Å². The minimum absolute atomic E-state index is 0. The van der Waals surface area contributed by atoms with E-state index in [9.17, 15) is 4.79 Å². The SMILES string of the molecule is CN=C(NCCc1ccccc1Cl)N1CCCC(CC(N)=O)C1.I. The zero-order valence-electron chi connectivity index (χ0n) is 14.0. The first-order chi connectivity index (χ1) is 11.1. The lowest BCUT2D eigenvalue weighted by atomic mass is 9.95. The number of guanidine groups is 1. The number of halogens is 2. The Morgan fingerprint density at radius 1 is 1.46 bits per heavy atom. The molecule has 1 heterocycles. The molecule has 1 aliphatic heterocycles. The van der Waals surface area contributed by atoms with Gasteiger partial charge < -0.3 is 16.0 Å². The minimum atomic E-state index is -0.224. The molecule has 134 valence electrons. The Bertz CT molecular complexity index is 567. The lowest BCUT2D eigenvalue weighted by Gasteiger charge is -2.34. The maximum absolute atomic E-state index is 11.1. The van der Waals surface area contributed by atoms with Crippen molar-refractivity contribution in [3.05, 3.63) is 34.9 Å². The van der Waals surface area contributed by atoms with Crippen molar-refractivity contribution in [3.8, 4) is 0 Å². The zero-order chi connectivity index (χ0) is 16.7. The number of primary amides is 1. The van der Waals surface area contributed by atoms with Crippen LogP contribution in [0.5, 0.6) is 0 Å². The fourth-order valence-electron chi connectivity index (χ4n) is 3.05. The van der Waals surface area contributed by atoms with Gasteiger partial charge in [0.15, 0.2) is 5.96 Å². The van der Waals surface area contributed by atoms with Gasteiger partial charge in [-0.05, 0) is 36.8 Å². The number of carbonyl (C=O) groups is 1. The van der Waals surface area contributed by atoms with E-state index < -0.39 is 0 Å². The number of hydrogen-bond donors (Lipinski definition) is 2. The van der Waals surface area contributed by atoms with Crippen LogP contribution in [0.15, 0.2) is 29.3 Å². The van der Waals surface area contributed by atoms with Crippen molar-refractivity contribution < 1.29 is 4.79 Å². The number of carbonyl (C=O) groups excluding carboxylic acids is 1. The van der Waals surface area contributed by atoms with Gasteiger partial charge in [-0.15, -0.1) is 24.0 Å². The van der Waals surface area contributed by atoms with Gasteiger partial charge in [0, 0.05) is 38.1 Å². The van der Waals surface area contributed by atoms with E-state index in [-0.39, 0.29) is 29.9 Å². The van der Waals surface area contributed by atoms with Gasteiger partial charge in [0.05, 0.1) is 0 Å². The second kappa shape index (κ2) is 10.8. The molecule has 1 fully saturated rings. The molecule has 7 heteroatoms. The van der Waals surface area contributed by atoms with Crippen LogP contribution in [0, 0.1) is 5.92 Å². The molecule has 0 aliphatic carbocycles. The quantitative estimate of drug-likeness (QED) is 0.400. The maximum atomic E-state index is 11.1. The number of nitrogens with zero attached hydrogens (tertiary/aromatic N) is 2. The number of aliphatic imine (C=N–C) groups is 1. The van der Waals surface area contributed by atoms with E-state index in [2.05, 4.69) is 15.2 Å². The summed E-state index contributed by atoms with van der Waals surface area (Å²) in [5.74, 6) is 0.980. The molecule has 1 saturated heterocycles. The van der Waals surface area contributed by atoms with Crippen molar-refractivity contribution in [2.45, 2.75) is 25.7 Å². The van der Waals surface area contributed by atoms with E-state index in [0.29, 0.717) is 12.3 Å². The molecule has 2 rings (SSSR count). The predicted octanol–water partition coefficient (Wildman–Crippen LogP) is 2.66. The van der Waals surface area contributed by atoms with Crippen LogP contribution in [0.25, 0.3) is 0 Å². The number of nitrogens with one attached hydrogen (secondary N) is 1. The van der Waals surface area contributed by atoms with Crippen LogP contribution in [0.2, 0.25) is 5.02 Å². The molecule has 1 atom stereocenters. The number of benzene rings is 1. The molecule has 1 aromatic rings. The summed E-state index contributed by atoms with van der Waals surface area (Å²) in [6.07, 6.45) is 3.41. The summed E-state index contributed by atoms with van der Waals surface area (Å²) in [6, 6.07) is 7.88. The largest absolute Gasteiger partial charge is 0.370 e. The van der Waals surface area contributed by atoms with Gasteiger partial charge in [-0.25, -0.2) is 0 Å².